The molecule has 1 aliphatic rings. The molecule has 152 valence electrons. The van der Waals surface area contributed by atoms with Crippen LogP contribution in [0.5, 0.6) is 5.75 Å². The Bertz CT molecular complexity index is 1160. The van der Waals surface area contributed by atoms with Gasteiger partial charge in [0.1, 0.15) is 22.2 Å². The van der Waals surface area contributed by atoms with Crippen molar-refractivity contribution in [1.29, 1.82) is 0 Å². The van der Waals surface area contributed by atoms with Crippen molar-refractivity contribution in [3.63, 3.8) is 0 Å². The van der Waals surface area contributed by atoms with Gasteiger partial charge >= 0.3 is 0 Å². The van der Waals surface area contributed by atoms with Gasteiger partial charge < -0.3 is 14.5 Å². The molecule has 1 aromatic carbocycles. The van der Waals surface area contributed by atoms with Gasteiger partial charge in [0, 0.05) is 43.3 Å². The molecule has 0 spiro atoms. The van der Waals surface area contributed by atoms with Gasteiger partial charge in [-0.25, -0.2) is 9.97 Å². The molecule has 3 aromatic heterocycles. The summed E-state index contributed by atoms with van der Waals surface area (Å²) in [5.41, 5.74) is 2.23. The van der Waals surface area contributed by atoms with Gasteiger partial charge in [0.15, 0.2) is 0 Å². The normalized spacial score (nSPS) is 14.3. The number of methoxy groups -OCH3 is 1. The minimum atomic E-state index is 0.285. The summed E-state index contributed by atoms with van der Waals surface area (Å²) in [6.45, 7) is 3.44. The van der Waals surface area contributed by atoms with Gasteiger partial charge in [0.25, 0.3) is 0 Å². The molecule has 6 nitrogen and oxygen atoms in total. The zero-order valence-electron chi connectivity index (χ0n) is 16.5. The largest absolute Gasteiger partial charge is 0.497 e. The molecule has 1 fully saturated rings. The second kappa shape index (κ2) is 8.08. The van der Waals surface area contributed by atoms with Crippen LogP contribution in [0.2, 0.25) is 5.28 Å². The molecule has 0 radical (unpaired) electrons. The van der Waals surface area contributed by atoms with E-state index in [1.807, 2.05) is 30.5 Å². The second-order valence-corrected chi connectivity index (χ2v) is 8.23. The number of fused-ring (bicyclic) bond motifs is 1. The number of rotatable bonds is 4. The van der Waals surface area contributed by atoms with Gasteiger partial charge in [-0.15, -0.1) is 11.3 Å². The first kappa shape index (κ1) is 19.1. The number of nitrogens with zero attached hydrogens (tertiary/aromatic N) is 5. The van der Waals surface area contributed by atoms with Crippen LogP contribution in [-0.4, -0.2) is 48.2 Å². The van der Waals surface area contributed by atoms with Crippen LogP contribution >= 0.6 is 22.9 Å². The summed E-state index contributed by atoms with van der Waals surface area (Å²) < 4.78 is 5.30. The number of halogens is 1. The maximum atomic E-state index is 6.28. The molecule has 1 aliphatic heterocycles. The van der Waals surface area contributed by atoms with E-state index in [-0.39, 0.29) is 5.28 Å². The summed E-state index contributed by atoms with van der Waals surface area (Å²) in [6.07, 6.45) is 1.84. The monoisotopic (exact) mass is 437 g/mol. The molecule has 0 atom stereocenters. The summed E-state index contributed by atoms with van der Waals surface area (Å²) in [7, 11) is 1.67. The summed E-state index contributed by atoms with van der Waals surface area (Å²) in [6, 6.07) is 14.1. The third-order valence-corrected chi connectivity index (χ3v) is 6.38. The first-order valence-electron chi connectivity index (χ1n) is 9.73. The number of thiophene rings is 1. The van der Waals surface area contributed by atoms with Gasteiger partial charge in [-0.3, -0.25) is 0 Å². The Morgan fingerprint density at radius 2 is 1.73 bits per heavy atom. The van der Waals surface area contributed by atoms with Crippen molar-refractivity contribution in [3.8, 4) is 16.9 Å². The summed E-state index contributed by atoms with van der Waals surface area (Å²) in [5, 5.41) is 3.47. The average molecular weight is 438 g/mol. The SMILES string of the molecule is COc1ccc(-c2csc3nc(Cl)nc(N4CCN(c5ccccn5)CC4)c23)cc1. The minimum absolute atomic E-state index is 0.285. The van der Waals surface area contributed by atoms with Gasteiger partial charge in [0.2, 0.25) is 5.28 Å². The zero-order chi connectivity index (χ0) is 20.5. The van der Waals surface area contributed by atoms with Gasteiger partial charge in [-0.05, 0) is 41.4 Å². The molecule has 0 N–H and O–H groups in total. The number of hydrogen-bond acceptors (Lipinski definition) is 7. The van der Waals surface area contributed by atoms with Crippen LogP contribution in [0.3, 0.4) is 0 Å². The van der Waals surface area contributed by atoms with E-state index in [2.05, 4.69) is 48.3 Å². The Morgan fingerprint density at radius 3 is 2.43 bits per heavy atom. The fourth-order valence-electron chi connectivity index (χ4n) is 3.80. The minimum Gasteiger partial charge on any atom is -0.497 e. The quantitative estimate of drug-likeness (QED) is 0.430. The van der Waals surface area contributed by atoms with Crippen LogP contribution in [0.15, 0.2) is 54.0 Å². The van der Waals surface area contributed by atoms with Gasteiger partial charge in [-0.1, -0.05) is 18.2 Å². The number of pyridine rings is 1. The molecular weight excluding hydrogens is 418 g/mol. The number of benzene rings is 1. The first-order valence-corrected chi connectivity index (χ1v) is 11.0. The number of aromatic nitrogens is 3. The summed E-state index contributed by atoms with van der Waals surface area (Å²) in [5.74, 6) is 2.75. The van der Waals surface area contributed by atoms with Crippen molar-refractivity contribution in [3.05, 3.63) is 59.3 Å². The smallest absolute Gasteiger partial charge is 0.225 e. The van der Waals surface area contributed by atoms with Crippen molar-refractivity contribution < 1.29 is 4.74 Å². The molecule has 0 bridgehead atoms. The number of piperazine rings is 1. The highest BCUT2D eigenvalue weighted by atomic mass is 35.5. The lowest BCUT2D eigenvalue weighted by Crippen LogP contribution is -2.47. The molecule has 4 heterocycles. The van der Waals surface area contributed by atoms with Crippen molar-refractivity contribution in [1.82, 2.24) is 15.0 Å². The summed E-state index contributed by atoms with van der Waals surface area (Å²) >= 11 is 7.88. The Kier molecular flexibility index (Phi) is 5.14. The van der Waals surface area contributed by atoms with E-state index in [1.165, 1.54) is 0 Å². The van der Waals surface area contributed by atoms with Gasteiger partial charge in [0.05, 0.1) is 12.5 Å². The maximum absolute atomic E-state index is 6.28. The van der Waals surface area contributed by atoms with Crippen molar-refractivity contribution in [2.24, 2.45) is 0 Å². The number of anilines is 2. The highest BCUT2D eigenvalue weighted by Gasteiger charge is 2.24. The second-order valence-electron chi connectivity index (χ2n) is 7.04. The molecule has 0 unspecified atom stereocenters. The predicted molar refractivity (Wildman–Crippen MR) is 123 cm³/mol. The van der Waals surface area contributed by atoms with Crippen LogP contribution in [0.1, 0.15) is 0 Å². The molecule has 0 saturated carbocycles. The highest BCUT2D eigenvalue weighted by Crippen LogP contribution is 2.39. The molecular formula is C22H20ClN5OS. The van der Waals surface area contributed by atoms with E-state index in [4.69, 9.17) is 16.3 Å². The Labute approximate surface area is 183 Å². The number of ether oxygens (including phenoxy) is 1. The lowest BCUT2D eigenvalue weighted by Gasteiger charge is -2.36. The molecule has 5 rings (SSSR count). The van der Waals surface area contributed by atoms with E-state index in [0.717, 1.165) is 64.9 Å². The zero-order valence-corrected chi connectivity index (χ0v) is 18.0. The lowest BCUT2D eigenvalue weighted by molar-refractivity contribution is 0.415. The van der Waals surface area contributed by atoms with Crippen molar-refractivity contribution in [2.75, 3.05) is 43.1 Å². The van der Waals surface area contributed by atoms with Crippen molar-refractivity contribution >= 4 is 44.8 Å². The van der Waals surface area contributed by atoms with E-state index < -0.39 is 0 Å². The topological polar surface area (TPSA) is 54.4 Å². The average Bonchev–Trinajstić information content (AvgIpc) is 3.23. The Morgan fingerprint density at radius 1 is 0.967 bits per heavy atom. The maximum Gasteiger partial charge on any atom is 0.225 e. The van der Waals surface area contributed by atoms with Crippen LogP contribution < -0.4 is 14.5 Å². The Balaban J connectivity index is 1.49. The highest BCUT2D eigenvalue weighted by molar-refractivity contribution is 7.17. The molecule has 8 heteroatoms. The molecule has 1 saturated heterocycles. The van der Waals surface area contributed by atoms with E-state index >= 15 is 0 Å². The Hall–Kier alpha value is -2.90. The van der Waals surface area contributed by atoms with E-state index in [0.29, 0.717) is 0 Å². The lowest BCUT2D eigenvalue weighted by atomic mass is 10.1. The van der Waals surface area contributed by atoms with Crippen LogP contribution in [0, 0.1) is 0 Å². The van der Waals surface area contributed by atoms with E-state index in [1.54, 1.807) is 18.4 Å². The molecule has 0 amide bonds. The molecule has 4 aromatic rings. The standard InChI is InChI=1S/C22H20ClN5OS/c1-29-16-7-5-15(6-8-16)17-14-30-21-19(17)20(25-22(23)26-21)28-12-10-27(11-13-28)18-4-2-3-9-24-18/h2-9,14H,10-13H2,1H3. The fourth-order valence-corrected chi connectivity index (χ4v) is 4.95. The molecule has 0 aliphatic carbocycles. The third-order valence-electron chi connectivity index (χ3n) is 5.34. The van der Waals surface area contributed by atoms with Crippen molar-refractivity contribution in [2.45, 2.75) is 0 Å². The van der Waals surface area contributed by atoms with Crippen LogP contribution in [0.25, 0.3) is 21.3 Å². The first-order chi connectivity index (χ1) is 14.7. The molecule has 30 heavy (non-hydrogen) atoms. The van der Waals surface area contributed by atoms with E-state index in [9.17, 15) is 0 Å². The van der Waals surface area contributed by atoms with Crippen LogP contribution in [-0.2, 0) is 0 Å². The van der Waals surface area contributed by atoms with Crippen LogP contribution in [0.4, 0.5) is 11.6 Å². The number of hydrogen-bond donors (Lipinski definition) is 0. The van der Waals surface area contributed by atoms with Gasteiger partial charge in [-0.2, -0.15) is 4.98 Å². The fraction of sp³-hybridized carbons (Fsp3) is 0.227. The third kappa shape index (κ3) is 3.55. The summed E-state index contributed by atoms with van der Waals surface area (Å²) in [4.78, 5) is 19.1. The predicted octanol–water partition coefficient (Wildman–Crippen LogP) is 4.74.